The average Bonchev–Trinajstić information content (AvgIpc) is 2.90. The highest BCUT2D eigenvalue weighted by atomic mass is 16.6. The third-order valence-corrected chi connectivity index (χ3v) is 8.16. The fraction of sp³-hybridized carbons (Fsp3) is 0.516. The summed E-state index contributed by atoms with van der Waals surface area (Å²) >= 11 is 0. The predicted molar refractivity (Wildman–Crippen MR) is 151 cm³/mol. The lowest BCUT2D eigenvalue weighted by atomic mass is 9.83. The number of nitrogens with zero attached hydrogens (tertiary/aromatic N) is 2. The van der Waals surface area contributed by atoms with Crippen molar-refractivity contribution in [2.45, 2.75) is 69.8 Å². The van der Waals surface area contributed by atoms with Crippen molar-refractivity contribution in [1.29, 1.82) is 0 Å². The summed E-state index contributed by atoms with van der Waals surface area (Å²) in [4.78, 5) is 39.9. The molecule has 41 heavy (non-hydrogen) atoms. The number of carbonyl (C=O) groups excluding carboxylic acids is 1. The maximum atomic E-state index is 12.3. The standard InChI is InChI=1S/C31H38N2O8/c1-30(2,3)41-29(38)20-4-6-21(7-5-20)32-12-10-31(11-13-32)19-33(14-15-39-31)22-16-24(17-22)40-23-8-9-25(27(34)35)26(18-23)28(36)37/h4-9,18,22,24H,10-17,19H2,1-3H3,(H,34,35)(H,36,37)/t22-,24-. The molecule has 3 fully saturated rings. The number of aromatic carboxylic acids is 2. The number of benzene rings is 2. The SMILES string of the molecule is CC(C)(C)OC(=O)c1ccc(N2CCC3(CC2)CN([C@H]2C[C@H](Oc4ccc(C(=O)O)c(C(=O)O)c4)C2)CCO3)cc1. The van der Waals surface area contributed by atoms with Crippen LogP contribution in [0, 0.1) is 0 Å². The molecule has 1 aliphatic carbocycles. The van der Waals surface area contributed by atoms with Crippen LogP contribution in [0.15, 0.2) is 42.5 Å². The van der Waals surface area contributed by atoms with Crippen LogP contribution in [-0.2, 0) is 9.47 Å². The van der Waals surface area contributed by atoms with E-state index in [9.17, 15) is 24.6 Å². The number of ether oxygens (including phenoxy) is 3. The molecule has 0 radical (unpaired) electrons. The van der Waals surface area contributed by atoms with Crippen LogP contribution in [0.3, 0.4) is 0 Å². The fourth-order valence-electron chi connectivity index (χ4n) is 5.89. The Labute approximate surface area is 239 Å². The largest absolute Gasteiger partial charge is 0.490 e. The van der Waals surface area contributed by atoms with Crippen LogP contribution >= 0.6 is 0 Å². The van der Waals surface area contributed by atoms with Crippen LogP contribution in [0.25, 0.3) is 0 Å². The Hall–Kier alpha value is -3.63. The molecule has 1 saturated carbocycles. The van der Waals surface area contributed by atoms with Gasteiger partial charge in [-0.2, -0.15) is 0 Å². The van der Waals surface area contributed by atoms with Crippen LogP contribution in [0.1, 0.15) is 77.5 Å². The second-order valence-electron chi connectivity index (χ2n) is 12.2. The van der Waals surface area contributed by atoms with E-state index in [0.717, 1.165) is 57.5 Å². The van der Waals surface area contributed by atoms with Gasteiger partial charge in [-0.25, -0.2) is 14.4 Å². The molecule has 0 atom stereocenters. The van der Waals surface area contributed by atoms with Gasteiger partial charge in [0.2, 0.25) is 0 Å². The summed E-state index contributed by atoms with van der Waals surface area (Å²) in [5.74, 6) is -2.51. The molecule has 10 nitrogen and oxygen atoms in total. The Balaban J connectivity index is 1.11. The maximum Gasteiger partial charge on any atom is 0.338 e. The lowest BCUT2D eigenvalue weighted by Gasteiger charge is -2.52. The van der Waals surface area contributed by atoms with Crippen molar-refractivity contribution in [1.82, 2.24) is 4.90 Å². The summed E-state index contributed by atoms with van der Waals surface area (Å²) in [5.41, 5.74) is 0.400. The van der Waals surface area contributed by atoms with Crippen LogP contribution in [-0.4, -0.2) is 89.2 Å². The van der Waals surface area contributed by atoms with E-state index in [1.54, 1.807) is 0 Å². The number of esters is 1. The zero-order chi connectivity index (χ0) is 29.4. The van der Waals surface area contributed by atoms with Crippen molar-refractivity contribution in [2.75, 3.05) is 37.7 Å². The second-order valence-corrected chi connectivity index (χ2v) is 12.2. The van der Waals surface area contributed by atoms with Gasteiger partial charge in [0.05, 0.1) is 28.9 Å². The Morgan fingerprint density at radius 2 is 1.59 bits per heavy atom. The molecule has 0 unspecified atom stereocenters. The first kappa shape index (κ1) is 28.9. The van der Waals surface area contributed by atoms with Gasteiger partial charge < -0.3 is 29.3 Å². The maximum absolute atomic E-state index is 12.3. The van der Waals surface area contributed by atoms with E-state index >= 15 is 0 Å². The molecule has 0 bridgehead atoms. The molecular formula is C31H38N2O8. The molecule has 2 heterocycles. The molecule has 0 amide bonds. The molecule has 2 aliphatic heterocycles. The molecule has 2 aromatic carbocycles. The zero-order valence-corrected chi connectivity index (χ0v) is 23.8. The summed E-state index contributed by atoms with van der Waals surface area (Å²) in [5, 5.41) is 18.6. The molecule has 2 saturated heterocycles. The first-order valence-corrected chi connectivity index (χ1v) is 14.2. The summed E-state index contributed by atoms with van der Waals surface area (Å²) in [6, 6.07) is 12.1. The van der Waals surface area contributed by atoms with E-state index in [1.165, 1.54) is 18.2 Å². The molecule has 0 aromatic heterocycles. The zero-order valence-electron chi connectivity index (χ0n) is 23.8. The van der Waals surface area contributed by atoms with Gasteiger partial charge in [-0.05, 0) is 76.1 Å². The summed E-state index contributed by atoms with van der Waals surface area (Å²) in [6.07, 6.45) is 3.45. The molecule has 10 heteroatoms. The first-order valence-electron chi connectivity index (χ1n) is 14.2. The van der Waals surface area contributed by atoms with Gasteiger partial charge in [0, 0.05) is 50.7 Å². The molecule has 220 valence electrons. The molecule has 1 spiro atoms. The Morgan fingerprint density at radius 1 is 0.927 bits per heavy atom. The van der Waals surface area contributed by atoms with Crippen molar-refractivity contribution in [3.8, 4) is 5.75 Å². The van der Waals surface area contributed by atoms with Gasteiger partial charge in [0.15, 0.2) is 0 Å². The van der Waals surface area contributed by atoms with Gasteiger partial charge in [-0.3, -0.25) is 4.90 Å². The van der Waals surface area contributed by atoms with E-state index in [0.29, 0.717) is 24.0 Å². The number of piperidine rings is 1. The normalized spacial score (nSPS) is 22.6. The third-order valence-electron chi connectivity index (χ3n) is 8.16. The van der Waals surface area contributed by atoms with Gasteiger partial charge >= 0.3 is 17.9 Å². The van der Waals surface area contributed by atoms with Gasteiger partial charge in [0.1, 0.15) is 17.5 Å². The first-order chi connectivity index (χ1) is 19.4. The van der Waals surface area contributed by atoms with E-state index in [2.05, 4.69) is 9.80 Å². The van der Waals surface area contributed by atoms with Crippen molar-refractivity contribution < 1.29 is 38.8 Å². The lowest BCUT2D eigenvalue weighted by Crippen LogP contribution is -2.61. The van der Waals surface area contributed by atoms with E-state index in [-0.39, 0.29) is 28.8 Å². The van der Waals surface area contributed by atoms with Crippen LogP contribution in [0.5, 0.6) is 5.75 Å². The number of rotatable bonds is 7. The number of carboxylic acid groups (broad SMARTS) is 2. The minimum atomic E-state index is -1.29. The predicted octanol–water partition coefficient (Wildman–Crippen LogP) is 4.32. The monoisotopic (exact) mass is 566 g/mol. The van der Waals surface area contributed by atoms with Gasteiger partial charge in [0.25, 0.3) is 0 Å². The number of hydrogen-bond donors (Lipinski definition) is 2. The number of carbonyl (C=O) groups is 3. The Bertz CT molecular complexity index is 1290. The number of morpholine rings is 1. The van der Waals surface area contributed by atoms with Crippen molar-refractivity contribution in [3.63, 3.8) is 0 Å². The number of anilines is 1. The topological polar surface area (TPSA) is 126 Å². The molecule has 2 N–H and O–H groups in total. The molecule has 3 aliphatic rings. The number of hydrogen-bond acceptors (Lipinski definition) is 8. The van der Waals surface area contributed by atoms with E-state index in [1.807, 2.05) is 45.0 Å². The fourth-order valence-corrected chi connectivity index (χ4v) is 5.89. The third kappa shape index (κ3) is 6.65. The van der Waals surface area contributed by atoms with E-state index < -0.39 is 17.5 Å². The summed E-state index contributed by atoms with van der Waals surface area (Å²) in [7, 11) is 0. The summed E-state index contributed by atoms with van der Waals surface area (Å²) < 4.78 is 17.8. The lowest BCUT2D eigenvalue weighted by molar-refractivity contribution is -0.143. The van der Waals surface area contributed by atoms with Crippen LogP contribution in [0.4, 0.5) is 5.69 Å². The molecule has 2 aromatic rings. The average molecular weight is 567 g/mol. The molecule has 5 rings (SSSR count). The highest BCUT2D eigenvalue weighted by molar-refractivity contribution is 6.02. The van der Waals surface area contributed by atoms with Gasteiger partial charge in [-0.1, -0.05) is 0 Å². The van der Waals surface area contributed by atoms with Crippen molar-refractivity contribution in [2.24, 2.45) is 0 Å². The van der Waals surface area contributed by atoms with Crippen molar-refractivity contribution >= 4 is 23.6 Å². The molecular weight excluding hydrogens is 528 g/mol. The minimum absolute atomic E-state index is 0.0402. The quantitative estimate of drug-likeness (QED) is 0.468. The smallest absolute Gasteiger partial charge is 0.338 e. The van der Waals surface area contributed by atoms with E-state index in [4.69, 9.17) is 14.2 Å². The van der Waals surface area contributed by atoms with Gasteiger partial charge in [-0.15, -0.1) is 0 Å². The Morgan fingerprint density at radius 3 is 2.20 bits per heavy atom. The Kier molecular flexibility index (Phi) is 7.98. The number of carboxylic acids is 2. The highest BCUT2D eigenvalue weighted by Gasteiger charge is 2.44. The van der Waals surface area contributed by atoms with Crippen molar-refractivity contribution in [3.05, 3.63) is 59.2 Å². The van der Waals surface area contributed by atoms with Crippen LogP contribution in [0.2, 0.25) is 0 Å². The van der Waals surface area contributed by atoms with Crippen LogP contribution < -0.4 is 9.64 Å². The summed E-state index contributed by atoms with van der Waals surface area (Å²) in [6.45, 7) is 9.73. The minimum Gasteiger partial charge on any atom is -0.490 e. The second kappa shape index (κ2) is 11.3. The highest BCUT2D eigenvalue weighted by Crippen LogP contribution is 2.37.